The SMILES string of the molecule is CCN(c1ccc(F)cc1)c1nc2c(s1)CCCC2=O. The Morgan fingerprint density at radius 2 is 2.05 bits per heavy atom. The highest BCUT2D eigenvalue weighted by Gasteiger charge is 2.24. The van der Waals surface area contributed by atoms with Crippen LogP contribution in [0.15, 0.2) is 24.3 Å². The molecule has 0 fully saturated rings. The van der Waals surface area contributed by atoms with Gasteiger partial charge in [-0.3, -0.25) is 4.79 Å². The van der Waals surface area contributed by atoms with Crippen LogP contribution in [0.1, 0.15) is 35.1 Å². The molecule has 0 N–H and O–H groups in total. The average molecular weight is 290 g/mol. The van der Waals surface area contributed by atoms with Crippen LogP contribution >= 0.6 is 11.3 Å². The van der Waals surface area contributed by atoms with Gasteiger partial charge in [0, 0.05) is 23.5 Å². The van der Waals surface area contributed by atoms with E-state index in [0.29, 0.717) is 12.1 Å². The summed E-state index contributed by atoms with van der Waals surface area (Å²) in [5, 5.41) is 0.819. The van der Waals surface area contributed by atoms with Crippen molar-refractivity contribution in [2.75, 3.05) is 11.4 Å². The van der Waals surface area contributed by atoms with Crippen molar-refractivity contribution in [1.82, 2.24) is 4.98 Å². The van der Waals surface area contributed by atoms with Crippen molar-refractivity contribution in [3.8, 4) is 0 Å². The lowest BCUT2D eigenvalue weighted by Crippen LogP contribution is -2.16. The van der Waals surface area contributed by atoms with Gasteiger partial charge in [-0.2, -0.15) is 0 Å². The number of carbonyl (C=O) groups excluding carboxylic acids is 1. The second-order valence-electron chi connectivity index (χ2n) is 4.77. The number of aromatic nitrogens is 1. The molecule has 1 aliphatic rings. The number of carbonyl (C=O) groups is 1. The summed E-state index contributed by atoms with van der Waals surface area (Å²) in [6.07, 6.45) is 2.44. The molecule has 0 bridgehead atoms. The zero-order valence-electron chi connectivity index (χ0n) is 11.2. The van der Waals surface area contributed by atoms with E-state index in [1.54, 1.807) is 23.5 Å². The number of Topliss-reactive ketones (excluding diaryl/α,β-unsaturated/α-hetero) is 1. The molecule has 1 aliphatic carbocycles. The van der Waals surface area contributed by atoms with E-state index in [-0.39, 0.29) is 11.6 Å². The summed E-state index contributed by atoms with van der Waals surface area (Å²) in [6.45, 7) is 2.75. The quantitative estimate of drug-likeness (QED) is 0.858. The van der Waals surface area contributed by atoms with E-state index in [9.17, 15) is 9.18 Å². The van der Waals surface area contributed by atoms with Gasteiger partial charge in [-0.05, 0) is 44.0 Å². The molecule has 0 atom stereocenters. The maximum Gasteiger partial charge on any atom is 0.190 e. The fourth-order valence-corrected chi connectivity index (χ4v) is 3.62. The normalized spacial score (nSPS) is 14.2. The topological polar surface area (TPSA) is 33.2 Å². The Morgan fingerprint density at radius 1 is 1.30 bits per heavy atom. The number of benzene rings is 1. The summed E-state index contributed by atoms with van der Waals surface area (Å²) in [4.78, 5) is 19.5. The van der Waals surface area contributed by atoms with Gasteiger partial charge in [0.25, 0.3) is 0 Å². The number of fused-ring (bicyclic) bond motifs is 1. The second-order valence-corrected chi connectivity index (χ2v) is 5.83. The van der Waals surface area contributed by atoms with Gasteiger partial charge in [-0.25, -0.2) is 9.37 Å². The van der Waals surface area contributed by atoms with Crippen LogP contribution in [0.25, 0.3) is 0 Å². The Labute approximate surface area is 121 Å². The van der Waals surface area contributed by atoms with Crippen molar-refractivity contribution in [2.24, 2.45) is 0 Å². The third kappa shape index (κ3) is 2.33. The molecule has 3 rings (SSSR count). The lowest BCUT2D eigenvalue weighted by Gasteiger charge is -2.19. The van der Waals surface area contributed by atoms with Gasteiger partial charge in [0.2, 0.25) is 0 Å². The third-order valence-corrected chi connectivity index (χ3v) is 4.58. The largest absolute Gasteiger partial charge is 0.318 e. The summed E-state index contributed by atoms with van der Waals surface area (Å²) in [7, 11) is 0. The summed E-state index contributed by atoms with van der Waals surface area (Å²) in [5.41, 5.74) is 1.53. The molecule has 1 aromatic carbocycles. The predicted octanol–water partition coefficient (Wildman–Crippen LogP) is 3.96. The summed E-state index contributed by atoms with van der Waals surface area (Å²) in [6, 6.07) is 6.36. The first kappa shape index (κ1) is 13.2. The standard InChI is InChI=1S/C15H15FN2OS/c1-2-18(11-8-6-10(16)7-9-11)15-17-14-12(19)4-3-5-13(14)20-15/h6-9H,2-5H2,1H3. The molecule has 3 nitrogen and oxygen atoms in total. The monoisotopic (exact) mass is 290 g/mol. The predicted molar refractivity (Wildman–Crippen MR) is 78.5 cm³/mol. The van der Waals surface area contributed by atoms with Gasteiger partial charge < -0.3 is 4.90 Å². The van der Waals surface area contributed by atoms with Crippen LogP contribution in [0, 0.1) is 5.82 Å². The first-order valence-corrected chi connectivity index (χ1v) is 7.56. The minimum atomic E-state index is -0.251. The Morgan fingerprint density at radius 3 is 2.70 bits per heavy atom. The molecule has 0 amide bonds. The molecule has 20 heavy (non-hydrogen) atoms. The van der Waals surface area contributed by atoms with E-state index in [2.05, 4.69) is 4.98 Å². The maximum absolute atomic E-state index is 13.0. The zero-order chi connectivity index (χ0) is 14.1. The number of thiazole rings is 1. The first-order valence-electron chi connectivity index (χ1n) is 6.75. The Bertz CT molecular complexity index is 636. The molecule has 1 heterocycles. The number of halogens is 1. The van der Waals surface area contributed by atoms with E-state index in [4.69, 9.17) is 0 Å². The lowest BCUT2D eigenvalue weighted by atomic mass is 10.0. The molecule has 0 aliphatic heterocycles. The molecule has 0 spiro atoms. The zero-order valence-corrected chi connectivity index (χ0v) is 12.0. The summed E-state index contributed by atoms with van der Waals surface area (Å²) in [5.74, 6) is -0.109. The first-order chi connectivity index (χ1) is 9.69. The minimum absolute atomic E-state index is 0.143. The fourth-order valence-electron chi connectivity index (χ4n) is 2.42. The van der Waals surface area contributed by atoms with Crippen molar-refractivity contribution < 1.29 is 9.18 Å². The van der Waals surface area contributed by atoms with E-state index >= 15 is 0 Å². The number of ketones is 1. The van der Waals surface area contributed by atoms with Gasteiger partial charge in [0.05, 0.1) is 0 Å². The molecule has 5 heteroatoms. The van der Waals surface area contributed by atoms with Crippen LogP contribution in [0.2, 0.25) is 0 Å². The van der Waals surface area contributed by atoms with Crippen LogP contribution in [0.4, 0.5) is 15.2 Å². The highest BCUT2D eigenvalue weighted by molar-refractivity contribution is 7.16. The minimum Gasteiger partial charge on any atom is -0.318 e. The van der Waals surface area contributed by atoms with Crippen molar-refractivity contribution in [2.45, 2.75) is 26.2 Å². The van der Waals surface area contributed by atoms with Crippen LogP contribution in [-0.4, -0.2) is 17.3 Å². The van der Waals surface area contributed by atoms with Crippen molar-refractivity contribution in [3.63, 3.8) is 0 Å². The number of hydrogen-bond acceptors (Lipinski definition) is 4. The fraction of sp³-hybridized carbons (Fsp3) is 0.333. The van der Waals surface area contributed by atoms with Gasteiger partial charge in [0.1, 0.15) is 11.5 Å². The molecule has 1 aromatic heterocycles. The number of aryl methyl sites for hydroxylation is 1. The van der Waals surface area contributed by atoms with Crippen LogP contribution < -0.4 is 4.90 Å². The highest BCUT2D eigenvalue weighted by Crippen LogP contribution is 2.35. The van der Waals surface area contributed by atoms with Crippen LogP contribution in [-0.2, 0) is 6.42 Å². The molecule has 0 radical (unpaired) electrons. The summed E-state index contributed by atoms with van der Waals surface area (Å²) >= 11 is 1.57. The van der Waals surface area contributed by atoms with Gasteiger partial charge in [-0.1, -0.05) is 0 Å². The second kappa shape index (κ2) is 5.32. The lowest BCUT2D eigenvalue weighted by molar-refractivity contribution is 0.0968. The number of anilines is 2. The molecule has 0 saturated carbocycles. The van der Waals surface area contributed by atoms with Crippen LogP contribution in [0.5, 0.6) is 0 Å². The molecule has 2 aromatic rings. The van der Waals surface area contributed by atoms with E-state index in [1.807, 2.05) is 11.8 Å². The Kier molecular flexibility index (Phi) is 3.53. The molecule has 0 unspecified atom stereocenters. The van der Waals surface area contributed by atoms with E-state index < -0.39 is 0 Å². The molecule has 104 valence electrons. The van der Waals surface area contributed by atoms with E-state index in [0.717, 1.165) is 35.1 Å². The van der Waals surface area contributed by atoms with Crippen molar-refractivity contribution >= 4 is 27.9 Å². The molecular formula is C15H15FN2OS. The Hall–Kier alpha value is -1.75. The van der Waals surface area contributed by atoms with Crippen LogP contribution in [0.3, 0.4) is 0 Å². The number of hydrogen-bond donors (Lipinski definition) is 0. The summed E-state index contributed by atoms with van der Waals surface area (Å²) < 4.78 is 13.0. The van der Waals surface area contributed by atoms with Crippen molar-refractivity contribution in [3.05, 3.63) is 40.7 Å². The number of rotatable bonds is 3. The van der Waals surface area contributed by atoms with E-state index in [1.165, 1.54) is 12.1 Å². The maximum atomic E-state index is 13.0. The Balaban J connectivity index is 1.97. The highest BCUT2D eigenvalue weighted by atomic mass is 32.1. The molecule has 0 saturated heterocycles. The smallest absolute Gasteiger partial charge is 0.190 e. The van der Waals surface area contributed by atoms with Crippen molar-refractivity contribution in [1.29, 1.82) is 0 Å². The molecular weight excluding hydrogens is 275 g/mol. The van der Waals surface area contributed by atoms with Gasteiger partial charge in [-0.15, -0.1) is 11.3 Å². The number of nitrogens with zero attached hydrogens (tertiary/aromatic N) is 2. The third-order valence-electron chi connectivity index (χ3n) is 3.44. The van der Waals surface area contributed by atoms with Gasteiger partial charge in [0.15, 0.2) is 10.9 Å². The van der Waals surface area contributed by atoms with Gasteiger partial charge >= 0.3 is 0 Å². The average Bonchev–Trinajstić information content (AvgIpc) is 2.87.